The summed E-state index contributed by atoms with van der Waals surface area (Å²) in [4.78, 5) is 14.8. The van der Waals surface area contributed by atoms with Gasteiger partial charge in [-0.05, 0) is 32.0 Å². The van der Waals surface area contributed by atoms with Crippen molar-refractivity contribution < 1.29 is 9.53 Å². The summed E-state index contributed by atoms with van der Waals surface area (Å²) in [6, 6.07) is 4.03. The molecule has 0 radical (unpaired) electrons. The maximum Gasteiger partial charge on any atom is 0.306 e. The summed E-state index contributed by atoms with van der Waals surface area (Å²) in [6.45, 7) is 2.91. The van der Waals surface area contributed by atoms with Crippen molar-refractivity contribution in [2.24, 2.45) is 0 Å². The Kier molecular flexibility index (Phi) is 6.22. The van der Waals surface area contributed by atoms with Gasteiger partial charge in [-0.2, -0.15) is 0 Å². The molecule has 1 heterocycles. The predicted molar refractivity (Wildman–Crippen MR) is 71.2 cm³/mol. The molecule has 0 amide bonds. The molecule has 17 heavy (non-hydrogen) atoms. The van der Waals surface area contributed by atoms with Crippen LogP contribution in [0.1, 0.15) is 37.2 Å². The van der Waals surface area contributed by atoms with Gasteiger partial charge < -0.3 is 9.64 Å². The Labute approximate surface area is 107 Å². The first kappa shape index (κ1) is 14.2. The molecule has 0 saturated heterocycles. The average Bonchev–Trinajstić information content (AvgIpc) is 2.77. The normalized spacial score (nSPS) is 12.7. The van der Waals surface area contributed by atoms with Crippen molar-refractivity contribution in [1.29, 1.82) is 0 Å². The fourth-order valence-corrected chi connectivity index (χ4v) is 2.32. The quantitative estimate of drug-likeness (QED) is 0.701. The van der Waals surface area contributed by atoms with Gasteiger partial charge in [0.2, 0.25) is 0 Å². The van der Waals surface area contributed by atoms with Crippen LogP contribution in [0.25, 0.3) is 0 Å². The van der Waals surface area contributed by atoms with E-state index in [2.05, 4.69) is 4.90 Å². The van der Waals surface area contributed by atoms with E-state index in [0.29, 0.717) is 6.42 Å². The van der Waals surface area contributed by atoms with Crippen molar-refractivity contribution >= 4 is 17.3 Å². The molecule has 1 aromatic heterocycles. The monoisotopic (exact) mass is 255 g/mol. The van der Waals surface area contributed by atoms with Crippen molar-refractivity contribution in [3.8, 4) is 0 Å². The van der Waals surface area contributed by atoms with Gasteiger partial charge >= 0.3 is 5.97 Å². The molecule has 96 valence electrons. The number of hydrogen-bond donors (Lipinski definition) is 0. The van der Waals surface area contributed by atoms with Crippen LogP contribution in [-0.4, -0.2) is 31.5 Å². The van der Waals surface area contributed by atoms with Gasteiger partial charge in [0.25, 0.3) is 0 Å². The lowest BCUT2D eigenvalue weighted by atomic mass is 10.2. The van der Waals surface area contributed by atoms with Gasteiger partial charge in [-0.15, -0.1) is 11.3 Å². The second-order valence-corrected chi connectivity index (χ2v) is 5.32. The van der Waals surface area contributed by atoms with Crippen LogP contribution < -0.4 is 0 Å². The first-order chi connectivity index (χ1) is 8.13. The minimum Gasteiger partial charge on any atom is -0.457 e. The number of carbonyl (C=O) groups excluding carboxylic acids is 1. The highest BCUT2D eigenvalue weighted by Crippen LogP contribution is 2.26. The molecule has 0 aliphatic carbocycles. The van der Waals surface area contributed by atoms with Crippen LogP contribution in [0.15, 0.2) is 17.5 Å². The van der Waals surface area contributed by atoms with E-state index in [9.17, 15) is 4.79 Å². The summed E-state index contributed by atoms with van der Waals surface area (Å²) in [7, 11) is 4.05. The lowest BCUT2D eigenvalue weighted by Gasteiger charge is -2.18. The molecule has 1 rings (SSSR count). The number of ether oxygens (including phenoxy) is 1. The smallest absolute Gasteiger partial charge is 0.306 e. The number of hydrogen-bond acceptors (Lipinski definition) is 4. The van der Waals surface area contributed by atoms with Crippen molar-refractivity contribution in [2.75, 3.05) is 20.6 Å². The fraction of sp³-hybridized carbons (Fsp3) is 0.615. The van der Waals surface area contributed by atoms with Gasteiger partial charge in [-0.1, -0.05) is 13.0 Å². The first-order valence-electron chi connectivity index (χ1n) is 6.01. The van der Waals surface area contributed by atoms with Gasteiger partial charge in [0.1, 0.15) is 6.10 Å². The minimum absolute atomic E-state index is 0.0866. The third-order valence-corrected chi connectivity index (χ3v) is 3.39. The summed E-state index contributed by atoms with van der Waals surface area (Å²) < 4.78 is 5.53. The molecular weight excluding hydrogens is 234 g/mol. The Morgan fingerprint density at radius 1 is 1.53 bits per heavy atom. The molecule has 0 bridgehead atoms. The van der Waals surface area contributed by atoms with Crippen molar-refractivity contribution in [2.45, 2.75) is 32.3 Å². The Morgan fingerprint density at radius 2 is 2.29 bits per heavy atom. The Bertz CT molecular complexity index is 322. The van der Waals surface area contributed by atoms with E-state index in [1.165, 1.54) is 0 Å². The topological polar surface area (TPSA) is 29.5 Å². The highest BCUT2D eigenvalue weighted by molar-refractivity contribution is 7.10. The SMILES string of the molecule is CCCC(=O)O[C@@H](CCN(C)C)c1cccs1. The molecule has 0 saturated carbocycles. The Balaban J connectivity index is 2.56. The number of rotatable bonds is 7. The maximum absolute atomic E-state index is 11.6. The third-order valence-electron chi connectivity index (χ3n) is 2.43. The highest BCUT2D eigenvalue weighted by Gasteiger charge is 2.17. The number of esters is 1. The first-order valence-corrected chi connectivity index (χ1v) is 6.89. The van der Waals surface area contributed by atoms with E-state index < -0.39 is 0 Å². The van der Waals surface area contributed by atoms with Gasteiger partial charge in [0.15, 0.2) is 0 Å². The third kappa shape index (κ3) is 5.33. The summed E-state index contributed by atoms with van der Waals surface area (Å²) in [5.74, 6) is -0.0929. The van der Waals surface area contributed by atoms with E-state index in [-0.39, 0.29) is 12.1 Å². The number of thiophene rings is 1. The molecule has 0 aliphatic heterocycles. The van der Waals surface area contributed by atoms with E-state index in [1.807, 2.05) is 38.5 Å². The van der Waals surface area contributed by atoms with Crippen LogP contribution in [0.3, 0.4) is 0 Å². The lowest BCUT2D eigenvalue weighted by Crippen LogP contribution is -2.18. The molecule has 4 heteroatoms. The molecular formula is C13H21NO2S. The molecule has 1 atom stereocenters. The standard InChI is InChI=1S/C13H21NO2S/c1-4-6-13(15)16-11(8-9-14(2)3)12-7-5-10-17-12/h5,7,10-11H,4,6,8-9H2,1-3H3/t11-/m0/s1. The molecule has 0 fully saturated rings. The summed E-state index contributed by atoms with van der Waals surface area (Å²) >= 11 is 1.65. The van der Waals surface area contributed by atoms with Crippen LogP contribution in [-0.2, 0) is 9.53 Å². The van der Waals surface area contributed by atoms with Crippen LogP contribution >= 0.6 is 11.3 Å². The largest absolute Gasteiger partial charge is 0.457 e. The molecule has 3 nitrogen and oxygen atoms in total. The Hall–Kier alpha value is -0.870. The zero-order valence-corrected chi connectivity index (χ0v) is 11.6. The van der Waals surface area contributed by atoms with Gasteiger partial charge in [-0.25, -0.2) is 0 Å². The van der Waals surface area contributed by atoms with E-state index >= 15 is 0 Å². The second-order valence-electron chi connectivity index (χ2n) is 4.34. The second kappa shape index (κ2) is 7.45. The van der Waals surface area contributed by atoms with Crippen LogP contribution in [0.2, 0.25) is 0 Å². The van der Waals surface area contributed by atoms with Gasteiger partial charge in [0.05, 0.1) is 0 Å². The predicted octanol–water partition coefficient (Wildman–Crippen LogP) is 3.08. The van der Waals surface area contributed by atoms with Gasteiger partial charge in [0, 0.05) is 24.3 Å². The van der Waals surface area contributed by atoms with E-state index in [1.54, 1.807) is 11.3 Å². The Morgan fingerprint density at radius 3 is 2.82 bits per heavy atom. The van der Waals surface area contributed by atoms with Crippen molar-refractivity contribution in [1.82, 2.24) is 4.90 Å². The van der Waals surface area contributed by atoms with E-state index in [0.717, 1.165) is 24.3 Å². The molecule has 1 aromatic rings. The lowest BCUT2D eigenvalue weighted by molar-refractivity contribution is -0.149. The van der Waals surface area contributed by atoms with E-state index in [4.69, 9.17) is 4.74 Å². The molecule has 0 N–H and O–H groups in total. The zero-order chi connectivity index (χ0) is 12.7. The van der Waals surface area contributed by atoms with Crippen LogP contribution in [0.4, 0.5) is 0 Å². The van der Waals surface area contributed by atoms with Crippen LogP contribution in [0.5, 0.6) is 0 Å². The fourth-order valence-electron chi connectivity index (χ4n) is 1.53. The zero-order valence-electron chi connectivity index (χ0n) is 10.8. The summed E-state index contributed by atoms with van der Waals surface area (Å²) in [5.41, 5.74) is 0. The maximum atomic E-state index is 11.6. The molecule has 0 aromatic carbocycles. The molecule has 0 spiro atoms. The van der Waals surface area contributed by atoms with Crippen molar-refractivity contribution in [3.05, 3.63) is 22.4 Å². The van der Waals surface area contributed by atoms with Crippen LogP contribution in [0, 0.1) is 0 Å². The van der Waals surface area contributed by atoms with Crippen molar-refractivity contribution in [3.63, 3.8) is 0 Å². The average molecular weight is 255 g/mol. The number of carbonyl (C=O) groups is 1. The molecule has 0 aliphatic rings. The van der Waals surface area contributed by atoms with Gasteiger partial charge in [-0.3, -0.25) is 4.79 Å². The summed E-state index contributed by atoms with van der Waals surface area (Å²) in [6.07, 6.45) is 2.10. The molecule has 0 unspecified atom stereocenters. The highest BCUT2D eigenvalue weighted by atomic mass is 32.1. The minimum atomic E-state index is -0.0929. The summed E-state index contributed by atoms with van der Waals surface area (Å²) in [5, 5.41) is 2.02. The number of nitrogens with zero attached hydrogens (tertiary/aromatic N) is 1.